The first-order valence-corrected chi connectivity index (χ1v) is 13.7. The summed E-state index contributed by atoms with van der Waals surface area (Å²) in [5.41, 5.74) is 2.32. The highest BCUT2D eigenvalue weighted by Crippen LogP contribution is 2.34. The first kappa shape index (κ1) is 29.4. The molecule has 8 nitrogen and oxygen atoms in total. The number of nitrogens with one attached hydrogen (secondary N) is 2. The Kier molecular flexibility index (Phi) is 8.69. The smallest absolute Gasteiger partial charge is 0.416 e. The van der Waals surface area contributed by atoms with Gasteiger partial charge in [0.05, 0.1) is 25.2 Å². The van der Waals surface area contributed by atoms with Gasteiger partial charge in [0.15, 0.2) is 5.78 Å². The summed E-state index contributed by atoms with van der Waals surface area (Å²) in [6, 6.07) is 11.1. The quantitative estimate of drug-likeness (QED) is 0.243. The number of methoxy groups -OCH3 is 2. The number of nitrogens with zero attached hydrogens (tertiary/aromatic N) is 3. The summed E-state index contributed by atoms with van der Waals surface area (Å²) in [6.45, 7) is 3.64. The molecule has 0 radical (unpaired) electrons. The van der Waals surface area contributed by atoms with Gasteiger partial charge >= 0.3 is 6.18 Å². The van der Waals surface area contributed by atoms with Gasteiger partial charge in [-0.05, 0) is 42.4 Å². The third kappa shape index (κ3) is 6.69. The van der Waals surface area contributed by atoms with Gasteiger partial charge in [0.25, 0.3) is 0 Å². The number of pyridine rings is 1. The number of carbonyl (C=O) groups is 1. The number of alkyl halides is 3. The van der Waals surface area contributed by atoms with Gasteiger partial charge < -0.3 is 24.7 Å². The van der Waals surface area contributed by atoms with Crippen LogP contribution < -0.4 is 14.8 Å². The number of likely N-dealkylation sites (N-methyl/N-ethyl adjacent to an activating group) is 1. The first-order valence-electron chi connectivity index (χ1n) is 13.7. The van der Waals surface area contributed by atoms with Crippen LogP contribution in [0.1, 0.15) is 32.6 Å². The van der Waals surface area contributed by atoms with Crippen molar-refractivity contribution in [2.45, 2.75) is 25.7 Å². The number of fused-ring (bicyclic) bond motifs is 1. The van der Waals surface area contributed by atoms with Crippen molar-refractivity contribution in [2.75, 3.05) is 52.8 Å². The molecule has 0 atom stereocenters. The second-order valence-electron chi connectivity index (χ2n) is 10.5. The van der Waals surface area contributed by atoms with E-state index < -0.39 is 11.7 Å². The molecule has 222 valence electrons. The monoisotopic (exact) mass is 581 g/mol. The number of ether oxygens (including phenoxy) is 2. The third-order valence-electron chi connectivity index (χ3n) is 7.60. The number of piperazine rings is 1. The highest BCUT2D eigenvalue weighted by molar-refractivity contribution is 5.98. The molecule has 0 bridgehead atoms. The molecule has 1 aliphatic heterocycles. The zero-order valence-electron chi connectivity index (χ0n) is 23.8. The van der Waals surface area contributed by atoms with Crippen molar-refractivity contribution in [1.29, 1.82) is 0 Å². The maximum atomic E-state index is 14.1. The Morgan fingerprint density at radius 2 is 1.81 bits per heavy atom. The lowest BCUT2D eigenvalue weighted by Gasteiger charge is -2.33. The molecule has 2 aromatic heterocycles. The molecule has 0 amide bonds. The number of Topliss-reactive ketones (excluding diaryl/α,β-unsaturated/α-hetero) is 1. The first-order chi connectivity index (χ1) is 20.1. The molecule has 2 N–H and O–H groups in total. The Labute approximate surface area is 242 Å². The molecule has 0 saturated carbocycles. The van der Waals surface area contributed by atoms with Crippen molar-refractivity contribution in [3.63, 3.8) is 0 Å². The van der Waals surface area contributed by atoms with Gasteiger partial charge in [-0.15, -0.1) is 0 Å². The predicted octanol–water partition coefficient (Wildman–Crippen LogP) is 5.38. The fraction of sp³-hybridized carbons (Fsp3) is 0.355. The molecular weight excluding hydrogens is 547 g/mol. The number of ketones is 1. The van der Waals surface area contributed by atoms with E-state index in [2.05, 4.69) is 20.2 Å². The number of rotatable bonds is 10. The van der Waals surface area contributed by atoms with Crippen LogP contribution >= 0.6 is 0 Å². The maximum Gasteiger partial charge on any atom is 0.416 e. The lowest BCUT2D eigenvalue weighted by molar-refractivity contribution is -0.138. The topological polar surface area (TPSA) is 82.7 Å². The van der Waals surface area contributed by atoms with Crippen molar-refractivity contribution in [1.82, 2.24) is 19.8 Å². The molecule has 5 rings (SSSR count). The van der Waals surface area contributed by atoms with Crippen molar-refractivity contribution < 1.29 is 27.4 Å². The number of benzene rings is 2. The van der Waals surface area contributed by atoms with Crippen LogP contribution in [0.5, 0.6) is 11.5 Å². The number of H-pyrrole nitrogens is 1. The van der Waals surface area contributed by atoms with E-state index in [1.165, 1.54) is 13.2 Å². The van der Waals surface area contributed by atoms with E-state index in [0.29, 0.717) is 53.6 Å². The zero-order valence-corrected chi connectivity index (χ0v) is 23.8. The van der Waals surface area contributed by atoms with Gasteiger partial charge in [0.1, 0.15) is 17.1 Å². The molecule has 11 heteroatoms. The van der Waals surface area contributed by atoms with Crippen molar-refractivity contribution >= 4 is 22.5 Å². The van der Waals surface area contributed by atoms with E-state index in [-0.39, 0.29) is 24.3 Å². The van der Waals surface area contributed by atoms with Crippen LogP contribution in [0.15, 0.2) is 54.9 Å². The standard InChI is InChI=1S/C31H34F3N5O3/c1-38-8-10-39(11-9-38)19-21-5-4-20(12-27(21)31(32,33)34)13-28(40)22-14-24(16-25(15-22)41-2)36-17-23-18-37-30-26(6-7-35-30)29(23)42-3/h4-7,12,14-16,18,36H,8-11,13,17,19H2,1-3H3,(H,35,37). The number of carbonyl (C=O) groups excluding carboxylic acids is 1. The van der Waals surface area contributed by atoms with Gasteiger partial charge in [0, 0.05) is 81.0 Å². The minimum Gasteiger partial charge on any atom is -0.497 e. The average molecular weight is 582 g/mol. The summed E-state index contributed by atoms with van der Waals surface area (Å²) < 4.78 is 53.2. The van der Waals surface area contributed by atoms with Crippen LogP contribution in [0.3, 0.4) is 0 Å². The van der Waals surface area contributed by atoms with E-state index in [9.17, 15) is 18.0 Å². The SMILES string of the molecule is COc1cc(NCc2cnc3[nH]ccc3c2OC)cc(C(=O)Cc2ccc(CN3CCN(C)CC3)c(C(F)(F)F)c2)c1. The second-order valence-corrected chi connectivity index (χ2v) is 10.5. The summed E-state index contributed by atoms with van der Waals surface area (Å²) in [5.74, 6) is 0.822. The molecule has 2 aromatic carbocycles. The zero-order chi connectivity index (χ0) is 29.9. The highest BCUT2D eigenvalue weighted by atomic mass is 19.4. The number of aromatic amines is 1. The van der Waals surface area contributed by atoms with Crippen LogP contribution in [0.2, 0.25) is 0 Å². The summed E-state index contributed by atoms with van der Waals surface area (Å²) in [7, 11) is 5.09. The Balaban J connectivity index is 1.33. The van der Waals surface area contributed by atoms with Crippen molar-refractivity contribution in [3.05, 3.63) is 82.7 Å². The molecule has 0 spiro atoms. The Bertz CT molecular complexity index is 1560. The summed E-state index contributed by atoms with van der Waals surface area (Å²) >= 11 is 0. The van der Waals surface area contributed by atoms with E-state index in [1.807, 2.05) is 18.0 Å². The van der Waals surface area contributed by atoms with Gasteiger partial charge in [-0.1, -0.05) is 12.1 Å². The molecule has 1 aliphatic rings. The number of hydrogen-bond donors (Lipinski definition) is 2. The van der Waals surface area contributed by atoms with Gasteiger partial charge in [-0.2, -0.15) is 13.2 Å². The van der Waals surface area contributed by atoms with E-state index >= 15 is 0 Å². The van der Waals surface area contributed by atoms with Crippen molar-refractivity contribution in [3.8, 4) is 11.5 Å². The minimum atomic E-state index is -4.52. The Morgan fingerprint density at radius 3 is 2.52 bits per heavy atom. The highest BCUT2D eigenvalue weighted by Gasteiger charge is 2.34. The lowest BCUT2D eigenvalue weighted by atomic mass is 9.97. The van der Waals surface area contributed by atoms with E-state index in [0.717, 1.165) is 30.1 Å². The number of hydrogen-bond acceptors (Lipinski definition) is 7. The van der Waals surface area contributed by atoms with Crippen LogP contribution in [-0.2, 0) is 25.7 Å². The van der Waals surface area contributed by atoms with Crippen molar-refractivity contribution in [2.24, 2.45) is 0 Å². The predicted molar refractivity (Wildman–Crippen MR) is 155 cm³/mol. The van der Waals surface area contributed by atoms with Crippen LogP contribution in [0, 0.1) is 0 Å². The largest absolute Gasteiger partial charge is 0.497 e. The van der Waals surface area contributed by atoms with Gasteiger partial charge in [0.2, 0.25) is 0 Å². The molecule has 1 fully saturated rings. The van der Waals surface area contributed by atoms with Gasteiger partial charge in [-0.25, -0.2) is 4.98 Å². The lowest BCUT2D eigenvalue weighted by Crippen LogP contribution is -2.44. The number of aromatic nitrogens is 2. The molecule has 0 aliphatic carbocycles. The molecule has 0 unspecified atom stereocenters. The molecule has 42 heavy (non-hydrogen) atoms. The fourth-order valence-corrected chi connectivity index (χ4v) is 5.24. The second kappa shape index (κ2) is 12.4. The number of halogens is 3. The Hall–Kier alpha value is -4.09. The molecule has 4 aromatic rings. The van der Waals surface area contributed by atoms with Gasteiger partial charge in [-0.3, -0.25) is 9.69 Å². The van der Waals surface area contributed by atoms with E-state index in [4.69, 9.17) is 9.47 Å². The molecule has 3 heterocycles. The van der Waals surface area contributed by atoms with Crippen LogP contribution in [0.4, 0.5) is 18.9 Å². The maximum absolute atomic E-state index is 14.1. The fourth-order valence-electron chi connectivity index (χ4n) is 5.24. The van der Waals surface area contributed by atoms with Crippen LogP contribution in [0.25, 0.3) is 11.0 Å². The van der Waals surface area contributed by atoms with Crippen LogP contribution in [-0.4, -0.2) is 73.0 Å². The summed E-state index contributed by atoms with van der Waals surface area (Å²) in [4.78, 5) is 25.0. The summed E-state index contributed by atoms with van der Waals surface area (Å²) in [6.07, 6.45) is -1.20. The Morgan fingerprint density at radius 1 is 1.02 bits per heavy atom. The van der Waals surface area contributed by atoms with E-state index in [1.54, 1.807) is 43.8 Å². The molecule has 1 saturated heterocycles. The minimum absolute atomic E-state index is 0.174. The average Bonchev–Trinajstić information content (AvgIpc) is 3.46. The third-order valence-corrected chi connectivity index (χ3v) is 7.60. The summed E-state index contributed by atoms with van der Waals surface area (Å²) in [5, 5.41) is 4.14. The molecular formula is C31H34F3N5O3. The number of anilines is 1. The normalized spacial score (nSPS) is 14.7.